The fourth-order valence-corrected chi connectivity index (χ4v) is 3.47. The standard InChI is InChI=1S/C22H12N2O2/c1-24-19(11-23)21-17-4-2-3-16-15(9-10-18(20(16)17)22(21)26)14-7-5-13(12-25)6-8-14/h2-10,25H,12H2/b21-19-. The molecule has 0 fully saturated rings. The van der Waals surface area contributed by atoms with Crippen molar-refractivity contribution in [2.24, 2.45) is 0 Å². The Morgan fingerprint density at radius 3 is 2.42 bits per heavy atom. The van der Waals surface area contributed by atoms with Crippen molar-refractivity contribution in [3.63, 3.8) is 0 Å². The molecule has 4 aromatic carbocycles. The quantitative estimate of drug-likeness (QED) is 0.572. The van der Waals surface area contributed by atoms with E-state index >= 15 is 0 Å². The summed E-state index contributed by atoms with van der Waals surface area (Å²) in [7, 11) is 0. The van der Waals surface area contributed by atoms with Crippen molar-refractivity contribution in [3.8, 4) is 17.2 Å². The Morgan fingerprint density at radius 2 is 1.77 bits per heavy atom. The van der Waals surface area contributed by atoms with Crippen molar-refractivity contribution in [2.45, 2.75) is 6.61 Å². The Balaban J connectivity index is 2.15. The lowest BCUT2D eigenvalue weighted by Crippen LogP contribution is -2.21. The maximum atomic E-state index is 12.8. The van der Waals surface area contributed by atoms with E-state index in [4.69, 9.17) is 6.57 Å². The van der Waals surface area contributed by atoms with Crippen LogP contribution in [0.25, 0.3) is 43.2 Å². The molecule has 26 heavy (non-hydrogen) atoms. The number of hydrogen-bond donors (Lipinski definition) is 1. The minimum absolute atomic E-state index is 0.0136. The second-order valence-electron chi connectivity index (χ2n) is 6.02. The number of aliphatic hydroxyl groups excluding tert-OH is 1. The number of rotatable bonds is 2. The van der Waals surface area contributed by atoms with Crippen LogP contribution in [0.2, 0.25) is 0 Å². The third-order valence-corrected chi connectivity index (χ3v) is 4.68. The van der Waals surface area contributed by atoms with Crippen LogP contribution in [0, 0.1) is 17.9 Å². The molecule has 0 unspecified atom stereocenters. The van der Waals surface area contributed by atoms with Gasteiger partial charge in [0.2, 0.25) is 0 Å². The predicted octanol–water partition coefficient (Wildman–Crippen LogP) is 3.22. The van der Waals surface area contributed by atoms with Gasteiger partial charge in [-0.3, -0.25) is 4.79 Å². The monoisotopic (exact) mass is 336 g/mol. The fraction of sp³-hybridized carbons (Fsp3) is 0.0455. The first-order valence-electron chi connectivity index (χ1n) is 8.02. The van der Waals surface area contributed by atoms with Crippen molar-refractivity contribution in [1.29, 1.82) is 5.26 Å². The Kier molecular flexibility index (Phi) is 3.62. The van der Waals surface area contributed by atoms with E-state index in [0.717, 1.165) is 27.5 Å². The molecule has 0 amide bonds. The van der Waals surface area contributed by atoms with Crippen molar-refractivity contribution in [2.75, 3.05) is 0 Å². The minimum atomic E-state index is -0.272. The molecule has 1 N–H and O–H groups in total. The third-order valence-electron chi connectivity index (χ3n) is 4.68. The minimum Gasteiger partial charge on any atom is -0.392 e. The van der Waals surface area contributed by atoms with Gasteiger partial charge < -0.3 is 5.11 Å². The van der Waals surface area contributed by atoms with Gasteiger partial charge in [0.1, 0.15) is 0 Å². The molecule has 122 valence electrons. The summed E-state index contributed by atoms with van der Waals surface area (Å²) < 4.78 is 0. The average molecular weight is 336 g/mol. The lowest BCUT2D eigenvalue weighted by molar-refractivity contribution is 0.282. The van der Waals surface area contributed by atoms with E-state index in [9.17, 15) is 15.2 Å². The van der Waals surface area contributed by atoms with Gasteiger partial charge in [0, 0.05) is 16.0 Å². The van der Waals surface area contributed by atoms with E-state index < -0.39 is 0 Å². The van der Waals surface area contributed by atoms with Gasteiger partial charge in [-0.15, -0.1) is 0 Å². The lowest BCUT2D eigenvalue weighted by atomic mass is 9.96. The Hall–Kier alpha value is -3.73. The Labute approximate surface area is 149 Å². The summed E-state index contributed by atoms with van der Waals surface area (Å²) in [6.45, 7) is 7.19. The molecule has 0 saturated carbocycles. The number of nitrogens with zero attached hydrogens (tertiary/aromatic N) is 2. The first-order valence-corrected chi connectivity index (χ1v) is 8.02. The van der Waals surface area contributed by atoms with E-state index in [1.54, 1.807) is 12.1 Å². The van der Waals surface area contributed by atoms with Gasteiger partial charge in [-0.25, -0.2) is 10.1 Å². The third kappa shape index (κ3) is 2.14. The van der Waals surface area contributed by atoms with Crippen LogP contribution in [0.3, 0.4) is 0 Å². The molecule has 4 heteroatoms. The topological polar surface area (TPSA) is 65.5 Å². The van der Waals surface area contributed by atoms with Crippen LogP contribution in [-0.2, 0) is 6.61 Å². The maximum absolute atomic E-state index is 12.8. The summed E-state index contributed by atoms with van der Waals surface area (Å²) in [4.78, 5) is 16.0. The summed E-state index contributed by atoms with van der Waals surface area (Å²) in [6.07, 6.45) is 0. The van der Waals surface area contributed by atoms with Crippen molar-refractivity contribution >= 4 is 27.2 Å². The number of nitriles is 1. The van der Waals surface area contributed by atoms with Crippen LogP contribution in [0.1, 0.15) is 5.56 Å². The molecule has 0 bridgehead atoms. The molecular formula is C22H12N2O2. The zero-order valence-electron chi connectivity index (χ0n) is 13.7. The molecule has 0 aliphatic heterocycles. The molecule has 0 saturated heterocycles. The zero-order valence-corrected chi connectivity index (χ0v) is 13.7. The SMILES string of the molecule is [C-]#[N+]/C(C#N)=c1\c(=O)c2ccc(-c3ccc(CO)cc3)c3cccc1c32. The molecule has 4 aromatic rings. The van der Waals surface area contributed by atoms with Gasteiger partial charge in [0.05, 0.1) is 19.2 Å². The van der Waals surface area contributed by atoms with E-state index in [0.29, 0.717) is 10.8 Å². The second-order valence-corrected chi connectivity index (χ2v) is 6.02. The second kappa shape index (κ2) is 5.97. The van der Waals surface area contributed by atoms with Gasteiger partial charge in [0.25, 0.3) is 5.70 Å². The number of aliphatic hydroxyl groups is 1. The van der Waals surface area contributed by atoms with E-state index in [1.807, 2.05) is 48.5 Å². The summed E-state index contributed by atoms with van der Waals surface area (Å²) in [6, 6.07) is 18.6. The van der Waals surface area contributed by atoms with Gasteiger partial charge >= 0.3 is 0 Å². The summed E-state index contributed by atoms with van der Waals surface area (Å²) in [5, 5.41) is 21.5. The van der Waals surface area contributed by atoms with Crippen LogP contribution >= 0.6 is 0 Å². The van der Waals surface area contributed by atoms with Gasteiger partial charge in [0.15, 0.2) is 5.43 Å². The first kappa shape index (κ1) is 15.8. The molecule has 0 atom stereocenters. The van der Waals surface area contributed by atoms with Crippen LogP contribution in [0.15, 0.2) is 59.4 Å². The van der Waals surface area contributed by atoms with Crippen molar-refractivity contribution in [3.05, 3.63) is 87.0 Å². The molecule has 0 aliphatic carbocycles. The zero-order chi connectivity index (χ0) is 18.3. The van der Waals surface area contributed by atoms with Gasteiger partial charge in [-0.2, -0.15) is 0 Å². The molecule has 0 heterocycles. The Bertz CT molecular complexity index is 1320. The molecular weight excluding hydrogens is 324 g/mol. The van der Waals surface area contributed by atoms with Crippen LogP contribution < -0.4 is 10.6 Å². The molecule has 4 rings (SSSR count). The highest BCUT2D eigenvalue weighted by molar-refractivity contribution is 6.17. The molecule has 0 aliphatic rings. The normalized spacial score (nSPS) is 12.1. The van der Waals surface area contributed by atoms with E-state index in [1.165, 1.54) is 0 Å². The van der Waals surface area contributed by atoms with Crippen LogP contribution in [0.5, 0.6) is 0 Å². The van der Waals surface area contributed by atoms with Crippen molar-refractivity contribution in [1.82, 2.24) is 0 Å². The van der Waals surface area contributed by atoms with Crippen LogP contribution in [0.4, 0.5) is 0 Å². The lowest BCUT2D eigenvalue weighted by Gasteiger charge is -2.08. The number of hydrogen-bond acceptors (Lipinski definition) is 3. The van der Waals surface area contributed by atoms with Crippen molar-refractivity contribution < 1.29 is 5.11 Å². The van der Waals surface area contributed by atoms with E-state index in [2.05, 4.69) is 4.85 Å². The summed E-state index contributed by atoms with van der Waals surface area (Å²) >= 11 is 0. The molecule has 0 spiro atoms. The van der Waals surface area contributed by atoms with E-state index in [-0.39, 0.29) is 23.0 Å². The summed E-state index contributed by atoms with van der Waals surface area (Å²) in [5.41, 5.74) is 2.32. The first-order chi connectivity index (χ1) is 12.7. The molecule has 0 radical (unpaired) electrons. The fourth-order valence-electron chi connectivity index (χ4n) is 3.47. The summed E-state index contributed by atoms with van der Waals surface area (Å²) in [5.74, 6) is 0. The Morgan fingerprint density at radius 1 is 1.04 bits per heavy atom. The smallest absolute Gasteiger partial charge is 0.273 e. The highest BCUT2D eigenvalue weighted by Gasteiger charge is 2.16. The van der Waals surface area contributed by atoms with Gasteiger partial charge in [-0.05, 0) is 33.5 Å². The highest BCUT2D eigenvalue weighted by atomic mass is 16.3. The maximum Gasteiger partial charge on any atom is 0.273 e. The van der Waals surface area contributed by atoms with Crippen LogP contribution in [-0.4, -0.2) is 5.11 Å². The average Bonchev–Trinajstić information content (AvgIpc) is 2.98. The van der Waals surface area contributed by atoms with Gasteiger partial charge in [-0.1, -0.05) is 48.5 Å². The highest BCUT2D eigenvalue weighted by Crippen LogP contribution is 2.33. The molecule has 4 nitrogen and oxygen atoms in total. The predicted molar refractivity (Wildman–Crippen MR) is 101 cm³/mol. The molecule has 0 aromatic heterocycles. The number of benzene rings is 3. The largest absolute Gasteiger partial charge is 0.392 e.